The summed E-state index contributed by atoms with van der Waals surface area (Å²) in [6.45, 7) is -0.149. The zero-order valence-electron chi connectivity index (χ0n) is 21.7. The molecule has 0 unspecified atom stereocenters. The number of aromatic nitrogens is 6. The van der Waals surface area contributed by atoms with Crippen molar-refractivity contribution in [2.75, 3.05) is 19.5 Å². The Morgan fingerprint density at radius 1 is 1.15 bits per heavy atom. The number of ether oxygens (including phenoxy) is 2. The van der Waals surface area contributed by atoms with Gasteiger partial charge >= 0.3 is 6.18 Å². The third-order valence-electron chi connectivity index (χ3n) is 6.33. The summed E-state index contributed by atoms with van der Waals surface area (Å²) in [7, 11) is 4.48. The fraction of sp³-hybridized carbons (Fsp3) is 0.308. The lowest BCUT2D eigenvalue weighted by atomic mass is 10.1. The molecule has 40 heavy (non-hydrogen) atoms. The number of methoxy groups -OCH3 is 1. The SMILES string of the molecule is CNc1nc(-c2c(OC)ncnc2C2CC2)nc(OCc2ccc(-c3nc(C(F)(F)F)cn3C)c(F)c2)c1C=N. The molecule has 1 aliphatic carbocycles. The lowest BCUT2D eigenvalue weighted by molar-refractivity contribution is -0.140. The Morgan fingerprint density at radius 3 is 2.52 bits per heavy atom. The number of benzene rings is 1. The van der Waals surface area contributed by atoms with Crippen LogP contribution in [0.5, 0.6) is 11.8 Å². The van der Waals surface area contributed by atoms with Crippen LogP contribution in [0.25, 0.3) is 22.8 Å². The molecule has 1 fully saturated rings. The Balaban J connectivity index is 1.47. The fourth-order valence-corrected chi connectivity index (χ4v) is 4.24. The monoisotopic (exact) mass is 556 g/mol. The summed E-state index contributed by atoms with van der Waals surface area (Å²) in [5.41, 5.74) is 0.721. The Morgan fingerprint density at radius 2 is 1.93 bits per heavy atom. The van der Waals surface area contributed by atoms with Gasteiger partial charge in [0, 0.05) is 32.4 Å². The molecule has 0 atom stereocenters. The Bertz CT molecular complexity index is 1580. The predicted molar refractivity (Wildman–Crippen MR) is 137 cm³/mol. The molecule has 14 heteroatoms. The van der Waals surface area contributed by atoms with E-state index in [2.05, 4.69) is 30.2 Å². The maximum Gasteiger partial charge on any atom is 0.434 e. The van der Waals surface area contributed by atoms with Gasteiger partial charge in [0.1, 0.15) is 36.0 Å². The van der Waals surface area contributed by atoms with Crippen LogP contribution in [-0.2, 0) is 19.8 Å². The zero-order chi connectivity index (χ0) is 28.6. The van der Waals surface area contributed by atoms with Crippen LogP contribution < -0.4 is 14.8 Å². The molecule has 0 saturated heterocycles. The van der Waals surface area contributed by atoms with Crippen molar-refractivity contribution in [1.82, 2.24) is 29.5 Å². The van der Waals surface area contributed by atoms with E-state index in [1.54, 1.807) is 7.05 Å². The second-order valence-electron chi connectivity index (χ2n) is 9.09. The molecule has 0 aliphatic heterocycles. The average molecular weight is 557 g/mol. The molecule has 2 N–H and O–H groups in total. The molecule has 4 aromatic rings. The second kappa shape index (κ2) is 10.5. The van der Waals surface area contributed by atoms with Crippen molar-refractivity contribution in [2.24, 2.45) is 7.05 Å². The maximum absolute atomic E-state index is 15.0. The molecule has 5 rings (SSSR count). The minimum atomic E-state index is -4.65. The van der Waals surface area contributed by atoms with Gasteiger partial charge in [0.05, 0.1) is 23.9 Å². The number of anilines is 1. The van der Waals surface area contributed by atoms with Crippen molar-refractivity contribution in [3.63, 3.8) is 0 Å². The minimum Gasteiger partial charge on any atom is -0.480 e. The lowest BCUT2D eigenvalue weighted by Gasteiger charge is -2.16. The Kier molecular flexibility index (Phi) is 7.08. The lowest BCUT2D eigenvalue weighted by Crippen LogP contribution is -2.09. The van der Waals surface area contributed by atoms with E-state index in [9.17, 15) is 13.2 Å². The van der Waals surface area contributed by atoms with E-state index >= 15 is 4.39 Å². The first-order chi connectivity index (χ1) is 19.1. The van der Waals surface area contributed by atoms with E-state index in [1.807, 2.05) is 0 Å². The Hall–Kier alpha value is -4.62. The number of halogens is 4. The summed E-state index contributed by atoms with van der Waals surface area (Å²) >= 11 is 0. The van der Waals surface area contributed by atoms with Crippen molar-refractivity contribution in [1.29, 1.82) is 5.41 Å². The highest BCUT2D eigenvalue weighted by Gasteiger charge is 2.35. The molecule has 0 amide bonds. The molecule has 10 nitrogen and oxygen atoms in total. The fourth-order valence-electron chi connectivity index (χ4n) is 4.24. The molecule has 0 spiro atoms. The number of hydrogen-bond acceptors (Lipinski definition) is 9. The molecule has 1 saturated carbocycles. The van der Waals surface area contributed by atoms with Gasteiger partial charge < -0.3 is 24.8 Å². The van der Waals surface area contributed by atoms with Crippen molar-refractivity contribution >= 4 is 12.0 Å². The predicted octanol–water partition coefficient (Wildman–Crippen LogP) is 5.00. The molecule has 1 aliphatic rings. The summed E-state index contributed by atoms with van der Waals surface area (Å²) in [5.74, 6) is 0.213. The highest BCUT2D eigenvalue weighted by molar-refractivity contribution is 5.88. The van der Waals surface area contributed by atoms with E-state index in [0.717, 1.165) is 41.6 Å². The highest BCUT2D eigenvalue weighted by Crippen LogP contribution is 2.45. The summed E-state index contributed by atoms with van der Waals surface area (Å²) in [6, 6.07) is 4.01. The van der Waals surface area contributed by atoms with Gasteiger partial charge in [0.15, 0.2) is 11.5 Å². The molecule has 208 valence electrons. The van der Waals surface area contributed by atoms with E-state index in [0.29, 0.717) is 22.8 Å². The number of alkyl halides is 3. The van der Waals surface area contributed by atoms with Gasteiger partial charge in [-0.25, -0.2) is 24.3 Å². The first-order valence-electron chi connectivity index (χ1n) is 12.2. The van der Waals surface area contributed by atoms with Gasteiger partial charge in [-0.1, -0.05) is 6.07 Å². The van der Waals surface area contributed by atoms with Crippen LogP contribution in [0.15, 0.2) is 30.7 Å². The van der Waals surface area contributed by atoms with Gasteiger partial charge in [0.25, 0.3) is 0 Å². The number of nitrogens with zero attached hydrogens (tertiary/aromatic N) is 6. The van der Waals surface area contributed by atoms with Gasteiger partial charge in [0.2, 0.25) is 11.8 Å². The van der Waals surface area contributed by atoms with Gasteiger partial charge in [-0.15, -0.1) is 0 Å². The standard InChI is InChI=1S/C26H24F4N8O2/c1-32-21-16(9-31)24(37-22(36-21)19-20(14-5-6-14)33-12-34-25(19)39-3)40-11-13-4-7-15(17(27)8-13)23-35-18(10-38(23)2)26(28,29)30/h4,7-10,12,14,31H,5-6,11H2,1-3H3,(H,32,36,37). The van der Waals surface area contributed by atoms with Crippen LogP contribution >= 0.6 is 0 Å². The number of imidazole rings is 1. The topological polar surface area (TPSA) is 124 Å². The first-order valence-corrected chi connectivity index (χ1v) is 12.2. The van der Waals surface area contributed by atoms with Gasteiger partial charge in [-0.3, -0.25) is 0 Å². The van der Waals surface area contributed by atoms with E-state index in [-0.39, 0.29) is 41.2 Å². The summed E-state index contributed by atoms with van der Waals surface area (Å²) < 4.78 is 66.7. The van der Waals surface area contributed by atoms with E-state index < -0.39 is 17.7 Å². The number of hydrogen-bond donors (Lipinski definition) is 2. The molecule has 0 bridgehead atoms. The summed E-state index contributed by atoms with van der Waals surface area (Å²) in [6.07, 6.45) is 0.541. The van der Waals surface area contributed by atoms with E-state index in [4.69, 9.17) is 14.9 Å². The molecule has 3 aromatic heterocycles. The third-order valence-corrected chi connectivity index (χ3v) is 6.33. The quantitative estimate of drug-likeness (QED) is 0.218. The van der Waals surface area contributed by atoms with Crippen LogP contribution in [0.4, 0.5) is 23.4 Å². The Labute approximate surface area is 226 Å². The largest absolute Gasteiger partial charge is 0.480 e. The van der Waals surface area contributed by atoms with Crippen LogP contribution in [0.2, 0.25) is 0 Å². The second-order valence-corrected chi connectivity index (χ2v) is 9.09. The van der Waals surface area contributed by atoms with Crippen molar-refractivity contribution in [3.8, 4) is 34.5 Å². The van der Waals surface area contributed by atoms with Crippen LogP contribution in [0, 0.1) is 11.2 Å². The molecular formula is C26H24F4N8O2. The molecule has 3 heterocycles. The smallest absolute Gasteiger partial charge is 0.434 e. The highest BCUT2D eigenvalue weighted by atomic mass is 19.4. The molecule has 1 aromatic carbocycles. The number of nitrogens with one attached hydrogen (secondary N) is 2. The normalized spacial score (nSPS) is 13.3. The maximum atomic E-state index is 15.0. The van der Waals surface area contributed by atoms with Crippen molar-refractivity contribution < 1.29 is 27.0 Å². The third kappa shape index (κ3) is 5.16. The van der Waals surface area contributed by atoms with Crippen molar-refractivity contribution in [3.05, 3.63) is 59.1 Å². The van der Waals surface area contributed by atoms with E-state index in [1.165, 1.54) is 32.6 Å². The zero-order valence-corrected chi connectivity index (χ0v) is 21.7. The minimum absolute atomic E-state index is 0.0559. The first kappa shape index (κ1) is 27.0. The van der Waals surface area contributed by atoms with Crippen molar-refractivity contribution in [2.45, 2.75) is 31.5 Å². The van der Waals surface area contributed by atoms with Crippen LogP contribution in [-0.4, -0.2) is 49.9 Å². The van der Waals surface area contributed by atoms with Gasteiger partial charge in [-0.2, -0.15) is 18.2 Å². The molecule has 0 radical (unpaired) electrons. The van der Waals surface area contributed by atoms with Gasteiger partial charge in [-0.05, 0) is 30.5 Å². The molecular weight excluding hydrogens is 532 g/mol. The van der Waals surface area contributed by atoms with Crippen LogP contribution in [0.3, 0.4) is 0 Å². The number of aryl methyl sites for hydroxylation is 1. The summed E-state index contributed by atoms with van der Waals surface area (Å²) in [4.78, 5) is 21.3. The number of rotatable bonds is 9. The summed E-state index contributed by atoms with van der Waals surface area (Å²) in [5, 5.41) is 10.8. The average Bonchev–Trinajstić information content (AvgIpc) is 3.71. The van der Waals surface area contributed by atoms with Crippen LogP contribution in [0.1, 0.15) is 41.3 Å².